The zero-order chi connectivity index (χ0) is 35.8. The quantitative estimate of drug-likeness (QED) is 0.0740. The lowest BCUT2D eigenvalue weighted by Gasteiger charge is -2.21. The molecule has 23 nitrogen and oxygen atoms in total. The lowest BCUT2D eigenvalue weighted by atomic mass is 9.95. The Kier molecular flexibility index (Phi) is 11.2. The van der Waals surface area contributed by atoms with Crippen molar-refractivity contribution in [1.29, 1.82) is 0 Å². The monoisotopic (exact) mass is 742 g/mol. The van der Waals surface area contributed by atoms with Crippen molar-refractivity contribution in [2.75, 3.05) is 12.3 Å². The maximum absolute atomic E-state index is 12.1. The van der Waals surface area contributed by atoms with Gasteiger partial charge in [-0.3, -0.25) is 24.8 Å². The summed E-state index contributed by atoms with van der Waals surface area (Å²) in [6, 6.07) is 3.44. The number of hydrogen-bond acceptors (Lipinski definition) is 16. The Morgan fingerprint density at radius 1 is 1.06 bits per heavy atom. The van der Waals surface area contributed by atoms with Crippen molar-refractivity contribution >= 4 is 51.7 Å². The van der Waals surface area contributed by atoms with Gasteiger partial charge in [-0.2, -0.15) is 8.62 Å². The van der Waals surface area contributed by atoms with Crippen LogP contribution in [0.3, 0.4) is 0 Å². The summed E-state index contributed by atoms with van der Waals surface area (Å²) in [7, 11) is -16.9. The van der Waals surface area contributed by atoms with Gasteiger partial charge in [0.2, 0.25) is 0 Å². The number of nitrogen functional groups attached to an aromatic ring is 1. The molecule has 48 heavy (non-hydrogen) atoms. The van der Waals surface area contributed by atoms with E-state index >= 15 is 0 Å². The molecule has 0 bridgehead atoms. The molecule has 4 rings (SSSR count). The summed E-state index contributed by atoms with van der Waals surface area (Å²) < 4.78 is 59.7. The molecule has 7 N–H and O–H groups in total. The number of rotatable bonds is 15. The lowest BCUT2D eigenvalue weighted by molar-refractivity contribution is -0.397. The van der Waals surface area contributed by atoms with E-state index < -0.39 is 81.8 Å². The van der Waals surface area contributed by atoms with Gasteiger partial charge in [-0.05, 0) is 12.0 Å². The number of ether oxygens (including phenoxy) is 2. The molecule has 3 unspecified atom stereocenters. The Bertz CT molecular complexity index is 1820. The van der Waals surface area contributed by atoms with Crippen molar-refractivity contribution in [3.8, 4) is 0 Å². The molecule has 26 heteroatoms. The molecular weight excluding hydrogens is 713 g/mol. The SMILES string of the molecule is CC(C)[C@@H](OCc1cn([C@H]2CC(O)[C@@H](COP(=O)(O)OP(=O)(O)OP(=O)(O)O)O2)c2ncnc(N)c12)c1c([N+](=O)[O-])cccc1[N+](=O)[O-]. The summed E-state index contributed by atoms with van der Waals surface area (Å²) in [5.74, 6) is -0.506. The molecule has 1 fully saturated rings. The largest absolute Gasteiger partial charge is 0.490 e. The maximum Gasteiger partial charge on any atom is 0.490 e. The maximum atomic E-state index is 12.1. The third-order valence-electron chi connectivity index (χ3n) is 6.81. The predicted molar refractivity (Wildman–Crippen MR) is 158 cm³/mol. The van der Waals surface area contributed by atoms with Crippen LogP contribution in [0.1, 0.15) is 43.7 Å². The highest BCUT2D eigenvalue weighted by Crippen LogP contribution is 2.66. The zero-order valence-electron chi connectivity index (χ0n) is 24.7. The number of nitro groups is 2. The van der Waals surface area contributed by atoms with Crippen LogP contribution in [0.5, 0.6) is 0 Å². The minimum Gasteiger partial charge on any atom is -0.390 e. The lowest BCUT2D eigenvalue weighted by Crippen LogP contribution is -2.26. The van der Waals surface area contributed by atoms with Crippen LogP contribution in [0.2, 0.25) is 0 Å². The Morgan fingerprint density at radius 2 is 1.69 bits per heavy atom. The summed E-state index contributed by atoms with van der Waals surface area (Å²) in [5, 5.41) is 34.4. The smallest absolute Gasteiger partial charge is 0.390 e. The van der Waals surface area contributed by atoms with E-state index in [1.807, 2.05) is 0 Å². The van der Waals surface area contributed by atoms with Gasteiger partial charge < -0.3 is 44.5 Å². The van der Waals surface area contributed by atoms with Gasteiger partial charge in [0.15, 0.2) is 0 Å². The zero-order valence-corrected chi connectivity index (χ0v) is 27.4. The Labute approximate surface area is 269 Å². The normalized spacial score (nSPS) is 21.6. The fourth-order valence-electron chi connectivity index (χ4n) is 4.96. The molecule has 3 heterocycles. The number of hydrogen-bond donors (Lipinski definition) is 6. The molecule has 1 aliphatic heterocycles. The highest BCUT2D eigenvalue weighted by Gasteiger charge is 2.43. The second-order valence-electron chi connectivity index (χ2n) is 10.5. The molecule has 6 atom stereocenters. The van der Waals surface area contributed by atoms with E-state index in [1.165, 1.54) is 16.8 Å². The molecule has 0 spiro atoms. The van der Waals surface area contributed by atoms with Gasteiger partial charge >= 0.3 is 23.5 Å². The van der Waals surface area contributed by atoms with Crippen LogP contribution in [0.15, 0.2) is 30.7 Å². The highest BCUT2D eigenvalue weighted by molar-refractivity contribution is 7.66. The minimum atomic E-state index is -5.77. The first-order valence-electron chi connectivity index (χ1n) is 13.4. The summed E-state index contributed by atoms with van der Waals surface area (Å²) in [6.45, 7) is 2.08. The molecule has 0 amide bonds. The van der Waals surface area contributed by atoms with Gasteiger partial charge in [-0.25, -0.2) is 23.7 Å². The number of aromatic nitrogens is 3. The number of nitrogens with two attached hydrogens (primary N) is 1. The van der Waals surface area contributed by atoms with Crippen LogP contribution in [0.4, 0.5) is 17.2 Å². The topological polar surface area (TPSA) is 342 Å². The van der Waals surface area contributed by atoms with Gasteiger partial charge in [0.05, 0.1) is 40.7 Å². The molecule has 1 aliphatic rings. The number of anilines is 1. The van der Waals surface area contributed by atoms with Gasteiger partial charge in [0.25, 0.3) is 11.4 Å². The first-order chi connectivity index (χ1) is 22.2. The van der Waals surface area contributed by atoms with Crippen LogP contribution >= 0.6 is 23.5 Å². The molecule has 0 radical (unpaired) electrons. The van der Waals surface area contributed by atoms with Crippen LogP contribution in [0.25, 0.3) is 11.0 Å². The molecule has 2 aromatic heterocycles. The summed E-state index contributed by atoms with van der Waals surface area (Å²) >= 11 is 0. The van der Waals surface area contributed by atoms with Gasteiger partial charge in [0, 0.05) is 30.3 Å². The molecule has 1 aromatic carbocycles. The van der Waals surface area contributed by atoms with Crippen molar-refractivity contribution in [2.24, 2.45) is 5.92 Å². The summed E-state index contributed by atoms with van der Waals surface area (Å²) in [4.78, 5) is 66.7. The molecule has 0 saturated carbocycles. The Morgan fingerprint density at radius 3 is 2.25 bits per heavy atom. The van der Waals surface area contributed by atoms with Crippen LogP contribution < -0.4 is 5.73 Å². The van der Waals surface area contributed by atoms with Crippen molar-refractivity contribution in [2.45, 2.75) is 51.4 Å². The van der Waals surface area contributed by atoms with Crippen LogP contribution in [0, 0.1) is 26.1 Å². The van der Waals surface area contributed by atoms with Crippen LogP contribution in [-0.2, 0) is 42.9 Å². The second-order valence-corrected chi connectivity index (χ2v) is 15.0. The van der Waals surface area contributed by atoms with E-state index in [2.05, 4.69) is 23.1 Å². The number of fused-ring (bicyclic) bond motifs is 1. The number of nitro benzene ring substituents is 2. The fraction of sp³-hybridized carbons (Fsp3) is 0.455. The molecule has 3 aromatic rings. The molecule has 264 valence electrons. The van der Waals surface area contributed by atoms with Crippen molar-refractivity contribution in [3.63, 3.8) is 0 Å². The minimum absolute atomic E-state index is 0.0159. The Balaban J connectivity index is 1.57. The molecule has 1 saturated heterocycles. The van der Waals surface area contributed by atoms with Gasteiger partial charge in [-0.1, -0.05) is 13.8 Å². The van der Waals surface area contributed by atoms with Crippen molar-refractivity contribution in [3.05, 3.63) is 62.1 Å². The first-order valence-corrected chi connectivity index (χ1v) is 18.0. The average Bonchev–Trinajstić information content (AvgIpc) is 3.50. The van der Waals surface area contributed by atoms with Gasteiger partial charge in [0.1, 0.15) is 35.7 Å². The average molecular weight is 742 g/mol. The van der Waals surface area contributed by atoms with E-state index in [9.17, 15) is 48.8 Å². The number of benzene rings is 1. The van der Waals surface area contributed by atoms with E-state index in [-0.39, 0.29) is 35.4 Å². The van der Waals surface area contributed by atoms with E-state index in [1.54, 1.807) is 13.8 Å². The number of aliphatic hydroxyl groups excluding tert-OH is 1. The van der Waals surface area contributed by atoms with E-state index in [4.69, 9.17) is 25.0 Å². The number of aliphatic hydroxyl groups is 1. The van der Waals surface area contributed by atoms with Gasteiger partial charge in [-0.15, -0.1) is 0 Å². The molecular formula is C22H29N6O17P3. The van der Waals surface area contributed by atoms with Crippen LogP contribution in [-0.4, -0.2) is 67.9 Å². The fourth-order valence-corrected chi connectivity index (χ4v) is 7.99. The van der Waals surface area contributed by atoms with E-state index in [0.717, 1.165) is 18.5 Å². The third kappa shape index (κ3) is 8.84. The number of nitrogens with zero attached hydrogens (tertiary/aromatic N) is 5. The standard InChI is InChI=1S/C22H29N6O17P3/c1-11(2)20(19-13(27(30)31)4-3-5-14(19)28(32)33)41-8-12-7-26(22-18(12)21(23)24-10-25-22)17-6-15(29)16(43-17)9-42-47(37,38)45-48(39,40)44-46(34,35)36/h3-5,7,10-11,15-17,20,29H,6,8-9H2,1-2H3,(H,37,38)(H,39,40)(H2,23,24,25)(H2,34,35,36)/t15?,16-,17-,20-/m1/s1. The number of phosphoric ester groups is 1. The van der Waals surface area contributed by atoms with Crippen molar-refractivity contribution < 1.29 is 70.8 Å². The summed E-state index contributed by atoms with van der Waals surface area (Å²) in [6.07, 6.45) is -2.50. The first kappa shape index (κ1) is 37.5. The van der Waals surface area contributed by atoms with Crippen molar-refractivity contribution in [1.82, 2.24) is 14.5 Å². The van der Waals surface area contributed by atoms with E-state index in [0.29, 0.717) is 5.56 Å². The third-order valence-corrected chi connectivity index (χ3v) is 10.6. The molecule has 0 aliphatic carbocycles. The second kappa shape index (κ2) is 14.3. The highest BCUT2D eigenvalue weighted by atomic mass is 31.3. The number of phosphoric acid groups is 3. The Hall–Kier alpha value is -3.27. The predicted octanol–water partition coefficient (Wildman–Crippen LogP) is 2.74. The summed E-state index contributed by atoms with van der Waals surface area (Å²) in [5.41, 5.74) is 5.36.